The van der Waals surface area contributed by atoms with Crippen molar-refractivity contribution in [3.8, 4) is 0 Å². The van der Waals surface area contributed by atoms with Gasteiger partial charge in [-0.2, -0.15) is 0 Å². The van der Waals surface area contributed by atoms with E-state index in [1.807, 2.05) is 69.3 Å². The minimum Gasteiger partial charge on any atom is -0.396 e. The number of anilines is 1. The van der Waals surface area contributed by atoms with Crippen LogP contribution in [-0.2, 0) is 25.7 Å². The van der Waals surface area contributed by atoms with E-state index in [1.165, 1.54) is 0 Å². The van der Waals surface area contributed by atoms with Crippen molar-refractivity contribution in [1.82, 2.24) is 9.80 Å². The van der Waals surface area contributed by atoms with Crippen LogP contribution in [-0.4, -0.2) is 76.1 Å². The number of carbonyl (C=O) groups excluding carboxylic acids is 3. The molecule has 3 unspecified atom stereocenters. The van der Waals surface area contributed by atoms with Gasteiger partial charge in [0.2, 0.25) is 11.8 Å². The Bertz CT molecular complexity index is 1460. The number of ether oxygens (including phenoxy) is 1. The van der Waals surface area contributed by atoms with Gasteiger partial charge in [-0.3, -0.25) is 14.4 Å². The number of carbonyl (C=O) groups is 3. The Morgan fingerprint density at radius 1 is 1.00 bits per heavy atom. The zero-order chi connectivity index (χ0) is 33.2. The monoisotopic (exact) mass is 627 g/mol. The van der Waals surface area contributed by atoms with E-state index < -0.39 is 29.1 Å². The number of rotatable bonds is 14. The summed E-state index contributed by atoms with van der Waals surface area (Å²) >= 11 is 0. The van der Waals surface area contributed by atoms with Crippen LogP contribution in [0.25, 0.3) is 0 Å². The van der Waals surface area contributed by atoms with E-state index in [0.717, 1.165) is 22.4 Å². The molecule has 3 heterocycles. The highest BCUT2D eigenvalue weighted by Crippen LogP contribution is 2.65. The Labute approximate surface area is 273 Å². The zero-order valence-corrected chi connectivity index (χ0v) is 27.8. The molecular formula is C38H49N3O5. The quantitative estimate of drug-likeness (QED) is 0.230. The largest absolute Gasteiger partial charge is 0.396 e. The first-order chi connectivity index (χ1) is 22.0. The van der Waals surface area contributed by atoms with Crippen molar-refractivity contribution in [2.24, 2.45) is 17.8 Å². The van der Waals surface area contributed by atoms with Crippen LogP contribution < -0.4 is 4.90 Å². The minimum absolute atomic E-state index is 0.0644. The van der Waals surface area contributed by atoms with Crippen molar-refractivity contribution >= 4 is 23.4 Å². The van der Waals surface area contributed by atoms with Crippen molar-refractivity contribution < 1.29 is 24.2 Å². The zero-order valence-electron chi connectivity index (χ0n) is 27.8. The van der Waals surface area contributed by atoms with Crippen LogP contribution in [0.1, 0.15) is 56.2 Å². The predicted molar refractivity (Wildman–Crippen MR) is 180 cm³/mol. The van der Waals surface area contributed by atoms with Gasteiger partial charge in [-0.25, -0.2) is 0 Å². The second kappa shape index (κ2) is 13.5. The molecule has 8 nitrogen and oxygen atoms in total. The molecule has 1 spiro atoms. The third kappa shape index (κ3) is 5.60. The summed E-state index contributed by atoms with van der Waals surface area (Å²) in [5.74, 6) is -2.17. The molecule has 2 aromatic carbocycles. The number of fused-ring (bicyclic) bond motifs is 1. The molecule has 1 N–H and O–H groups in total. The maximum atomic E-state index is 15.0. The number of hydrogen-bond acceptors (Lipinski definition) is 5. The topological polar surface area (TPSA) is 90.4 Å². The molecule has 246 valence electrons. The molecule has 6 atom stereocenters. The Hall–Kier alpha value is -3.75. The third-order valence-electron chi connectivity index (χ3n) is 10.5. The lowest BCUT2D eigenvalue weighted by atomic mass is 9.62. The number of amides is 3. The summed E-state index contributed by atoms with van der Waals surface area (Å²) in [6.07, 6.45) is 5.88. The van der Waals surface area contributed by atoms with E-state index in [4.69, 9.17) is 4.74 Å². The number of likely N-dealkylation sites (tertiary alicyclic amines) is 1. The molecular weight excluding hydrogens is 578 g/mol. The number of aliphatic hydroxyl groups excluding tert-OH is 1. The van der Waals surface area contributed by atoms with Crippen LogP contribution in [0.4, 0.5) is 5.69 Å². The number of hydrogen-bond donors (Lipinski definition) is 1. The summed E-state index contributed by atoms with van der Waals surface area (Å²) in [4.78, 5) is 49.6. The molecule has 0 aromatic heterocycles. The first-order valence-electron chi connectivity index (χ1n) is 16.6. The lowest BCUT2D eigenvalue weighted by molar-refractivity contribution is -0.151. The highest BCUT2D eigenvalue weighted by Gasteiger charge is 2.80. The fourth-order valence-electron chi connectivity index (χ4n) is 8.39. The summed E-state index contributed by atoms with van der Waals surface area (Å²) in [7, 11) is 0. The molecule has 8 heteroatoms. The van der Waals surface area contributed by atoms with Gasteiger partial charge in [0.05, 0.1) is 17.4 Å². The standard InChI is InChI=1S/C38H49N3O5/c1-7-20-39(25-29-18-11-9-12-19-29)34(43)30-31-35(44)41(22-13-10-14-23-42)33(38(31)24-28(5)37(30,6)46-38)36(45)40(21-8-2)32-26(3)16-15-17-27(32)4/h7-9,11-12,15-19,28,30-31,33,42H,1-2,10,13-14,20-25H2,3-6H3/t28?,30-,31-,33?,37+,38?/m0/s1. The highest BCUT2D eigenvalue weighted by molar-refractivity contribution is 6.05. The molecule has 0 aliphatic carbocycles. The van der Waals surface area contributed by atoms with Crippen LogP contribution in [0.2, 0.25) is 0 Å². The molecule has 0 radical (unpaired) electrons. The van der Waals surface area contributed by atoms with Crippen LogP contribution in [0.5, 0.6) is 0 Å². The van der Waals surface area contributed by atoms with E-state index in [1.54, 1.807) is 26.9 Å². The minimum atomic E-state index is -1.15. The average molecular weight is 628 g/mol. The van der Waals surface area contributed by atoms with Gasteiger partial charge in [0.15, 0.2) is 0 Å². The van der Waals surface area contributed by atoms with Crippen molar-refractivity contribution in [2.45, 2.75) is 77.2 Å². The van der Waals surface area contributed by atoms with Crippen LogP contribution in [0.3, 0.4) is 0 Å². The molecule has 3 amide bonds. The SMILES string of the molecule is C=CCN(Cc1ccccc1)C(=O)[C@@H]1[C@H]2C(=O)N(CCCCCO)C(C(=O)N(CC=C)c3c(C)cccc3C)C23CC(C)[C@@]1(C)O3. The van der Waals surface area contributed by atoms with E-state index >= 15 is 4.79 Å². The fraction of sp³-hybridized carbons (Fsp3) is 0.500. The van der Waals surface area contributed by atoms with Gasteiger partial charge in [0, 0.05) is 38.5 Å². The molecule has 2 bridgehead atoms. The van der Waals surface area contributed by atoms with Gasteiger partial charge in [-0.1, -0.05) is 67.6 Å². The van der Waals surface area contributed by atoms with Crippen molar-refractivity contribution in [1.29, 1.82) is 0 Å². The van der Waals surface area contributed by atoms with E-state index in [0.29, 0.717) is 45.3 Å². The number of para-hydroxylation sites is 1. The summed E-state index contributed by atoms with van der Waals surface area (Å²) in [5.41, 5.74) is 1.63. The number of aryl methyl sites for hydroxylation is 2. The second-order valence-corrected chi connectivity index (χ2v) is 13.5. The van der Waals surface area contributed by atoms with Gasteiger partial charge < -0.3 is 24.5 Å². The smallest absolute Gasteiger partial charge is 0.253 e. The second-order valence-electron chi connectivity index (χ2n) is 13.5. The third-order valence-corrected chi connectivity index (χ3v) is 10.5. The van der Waals surface area contributed by atoms with E-state index in [2.05, 4.69) is 20.1 Å². The summed E-state index contributed by atoms with van der Waals surface area (Å²) in [6, 6.07) is 14.8. The molecule has 5 rings (SSSR count). The van der Waals surface area contributed by atoms with Gasteiger partial charge in [-0.05, 0) is 69.1 Å². The number of aliphatic hydroxyl groups is 1. The van der Waals surface area contributed by atoms with Gasteiger partial charge in [-0.15, -0.1) is 13.2 Å². The normalized spacial score (nSPS) is 27.8. The molecule has 3 aliphatic rings. The number of unbranched alkanes of at least 4 members (excludes halogenated alkanes) is 2. The lowest BCUT2D eigenvalue weighted by Gasteiger charge is -2.39. The van der Waals surface area contributed by atoms with Crippen LogP contribution in [0.15, 0.2) is 73.8 Å². The van der Waals surface area contributed by atoms with Crippen LogP contribution >= 0.6 is 0 Å². The highest BCUT2D eigenvalue weighted by atomic mass is 16.5. The van der Waals surface area contributed by atoms with Crippen molar-refractivity contribution in [3.63, 3.8) is 0 Å². The summed E-state index contributed by atoms with van der Waals surface area (Å²) in [6.45, 7) is 17.2. The van der Waals surface area contributed by atoms with Gasteiger partial charge >= 0.3 is 0 Å². The summed E-state index contributed by atoms with van der Waals surface area (Å²) in [5, 5.41) is 9.41. The first kappa shape index (κ1) is 33.6. The average Bonchev–Trinajstić information content (AvgIpc) is 3.54. The molecule has 2 aromatic rings. The Kier molecular flexibility index (Phi) is 9.89. The maximum absolute atomic E-state index is 15.0. The van der Waals surface area contributed by atoms with Gasteiger partial charge in [0.25, 0.3) is 5.91 Å². The molecule has 3 saturated heterocycles. The first-order valence-corrected chi connectivity index (χ1v) is 16.6. The van der Waals surface area contributed by atoms with Crippen molar-refractivity contribution in [3.05, 3.63) is 90.5 Å². The van der Waals surface area contributed by atoms with E-state index in [9.17, 15) is 14.7 Å². The predicted octanol–water partition coefficient (Wildman–Crippen LogP) is 5.21. The van der Waals surface area contributed by atoms with Crippen LogP contribution in [0, 0.1) is 31.6 Å². The molecule has 46 heavy (non-hydrogen) atoms. The number of benzene rings is 2. The maximum Gasteiger partial charge on any atom is 0.253 e. The Morgan fingerprint density at radius 3 is 2.30 bits per heavy atom. The molecule has 3 aliphatic heterocycles. The van der Waals surface area contributed by atoms with Gasteiger partial charge in [0.1, 0.15) is 11.6 Å². The Morgan fingerprint density at radius 2 is 1.67 bits per heavy atom. The lowest BCUT2D eigenvalue weighted by Crippen LogP contribution is -2.57. The number of nitrogens with zero attached hydrogens (tertiary/aromatic N) is 3. The van der Waals surface area contributed by atoms with E-state index in [-0.39, 0.29) is 36.8 Å². The van der Waals surface area contributed by atoms with Crippen molar-refractivity contribution in [2.75, 3.05) is 31.1 Å². The molecule has 3 fully saturated rings. The fourth-order valence-corrected chi connectivity index (χ4v) is 8.39. The Balaban J connectivity index is 1.59. The summed E-state index contributed by atoms with van der Waals surface area (Å²) < 4.78 is 7.03. The molecule has 0 saturated carbocycles.